The minimum Gasteiger partial charge on any atom is -0.207 e. The SMILES string of the molecule is CCCCCc1ccc2c(c1)CCC(c1c(F)cc(CC)cc1F)C2. The summed E-state index contributed by atoms with van der Waals surface area (Å²) in [5, 5.41) is 0. The monoisotopic (exact) mass is 342 g/mol. The summed E-state index contributed by atoms with van der Waals surface area (Å²) in [5.74, 6) is -0.799. The molecule has 0 nitrogen and oxygen atoms in total. The third-order valence-electron chi connectivity index (χ3n) is 5.52. The molecular weight excluding hydrogens is 314 g/mol. The van der Waals surface area contributed by atoms with Gasteiger partial charge in [0.15, 0.2) is 0 Å². The minimum atomic E-state index is -0.374. The van der Waals surface area contributed by atoms with E-state index in [0.29, 0.717) is 6.42 Å². The van der Waals surface area contributed by atoms with Crippen molar-refractivity contribution in [3.63, 3.8) is 0 Å². The molecule has 1 aliphatic rings. The lowest BCUT2D eigenvalue weighted by molar-refractivity contribution is 0.490. The normalized spacial score (nSPS) is 16.7. The van der Waals surface area contributed by atoms with Crippen molar-refractivity contribution in [1.82, 2.24) is 0 Å². The molecule has 0 aromatic heterocycles. The van der Waals surface area contributed by atoms with Gasteiger partial charge in [0.1, 0.15) is 11.6 Å². The summed E-state index contributed by atoms with van der Waals surface area (Å²) in [6, 6.07) is 9.70. The van der Waals surface area contributed by atoms with Gasteiger partial charge >= 0.3 is 0 Å². The van der Waals surface area contributed by atoms with E-state index in [1.165, 1.54) is 48.1 Å². The van der Waals surface area contributed by atoms with Crippen molar-refractivity contribution in [2.45, 2.75) is 71.1 Å². The van der Waals surface area contributed by atoms with Crippen molar-refractivity contribution in [3.05, 3.63) is 69.8 Å². The van der Waals surface area contributed by atoms with Gasteiger partial charge < -0.3 is 0 Å². The molecule has 0 spiro atoms. The van der Waals surface area contributed by atoms with Crippen molar-refractivity contribution < 1.29 is 8.78 Å². The summed E-state index contributed by atoms with van der Waals surface area (Å²) < 4.78 is 28.9. The lowest BCUT2D eigenvalue weighted by Crippen LogP contribution is -2.16. The second-order valence-corrected chi connectivity index (χ2v) is 7.33. The molecule has 134 valence electrons. The predicted molar refractivity (Wildman–Crippen MR) is 100 cm³/mol. The summed E-state index contributed by atoms with van der Waals surface area (Å²) in [6.45, 7) is 4.14. The number of hydrogen-bond acceptors (Lipinski definition) is 0. The van der Waals surface area contributed by atoms with E-state index in [9.17, 15) is 8.78 Å². The highest BCUT2D eigenvalue weighted by Crippen LogP contribution is 2.36. The zero-order chi connectivity index (χ0) is 17.8. The fourth-order valence-electron chi connectivity index (χ4n) is 4.02. The molecule has 0 fully saturated rings. The predicted octanol–water partition coefficient (Wildman–Crippen LogP) is 6.53. The number of fused-ring (bicyclic) bond motifs is 1. The Morgan fingerprint density at radius 3 is 2.36 bits per heavy atom. The number of halogens is 2. The van der Waals surface area contributed by atoms with Crippen molar-refractivity contribution in [2.24, 2.45) is 0 Å². The number of unbranched alkanes of at least 4 members (excludes halogenated alkanes) is 2. The first-order chi connectivity index (χ1) is 12.1. The second-order valence-electron chi connectivity index (χ2n) is 7.33. The molecule has 1 atom stereocenters. The van der Waals surface area contributed by atoms with Crippen LogP contribution in [0.3, 0.4) is 0 Å². The molecule has 0 N–H and O–H groups in total. The zero-order valence-corrected chi connectivity index (χ0v) is 15.4. The summed E-state index contributed by atoms with van der Waals surface area (Å²) in [7, 11) is 0. The number of benzene rings is 2. The van der Waals surface area contributed by atoms with Gasteiger partial charge in [0.05, 0.1) is 0 Å². The van der Waals surface area contributed by atoms with Gasteiger partial charge in [0, 0.05) is 5.56 Å². The summed E-state index contributed by atoms with van der Waals surface area (Å²) >= 11 is 0. The average Bonchev–Trinajstić information content (AvgIpc) is 2.61. The number of rotatable bonds is 6. The van der Waals surface area contributed by atoms with Crippen LogP contribution in [0.4, 0.5) is 8.78 Å². The van der Waals surface area contributed by atoms with Gasteiger partial charge in [-0.2, -0.15) is 0 Å². The molecule has 2 aromatic rings. The second kappa shape index (κ2) is 8.12. The van der Waals surface area contributed by atoms with Gasteiger partial charge in [0.25, 0.3) is 0 Å². The molecule has 0 radical (unpaired) electrons. The maximum Gasteiger partial charge on any atom is 0.129 e. The maximum absolute atomic E-state index is 14.5. The van der Waals surface area contributed by atoms with Crippen LogP contribution < -0.4 is 0 Å². The highest BCUT2D eigenvalue weighted by atomic mass is 19.1. The van der Waals surface area contributed by atoms with Gasteiger partial charge in [0.2, 0.25) is 0 Å². The van der Waals surface area contributed by atoms with Crippen LogP contribution in [0.1, 0.15) is 73.3 Å². The molecule has 0 saturated carbocycles. The Hall–Kier alpha value is -1.70. The zero-order valence-electron chi connectivity index (χ0n) is 15.4. The molecular formula is C23H28F2. The van der Waals surface area contributed by atoms with E-state index in [1.807, 2.05) is 6.92 Å². The van der Waals surface area contributed by atoms with Crippen molar-refractivity contribution in [1.29, 1.82) is 0 Å². The molecule has 1 unspecified atom stereocenters. The van der Waals surface area contributed by atoms with Crippen molar-refractivity contribution >= 4 is 0 Å². The number of hydrogen-bond donors (Lipinski definition) is 0. The Morgan fingerprint density at radius 2 is 1.68 bits per heavy atom. The highest BCUT2D eigenvalue weighted by Gasteiger charge is 2.25. The third-order valence-corrected chi connectivity index (χ3v) is 5.52. The van der Waals surface area contributed by atoms with Crippen LogP contribution in [0.5, 0.6) is 0 Å². The highest BCUT2D eigenvalue weighted by molar-refractivity contribution is 5.38. The standard InChI is InChI=1S/C23H28F2/c1-3-5-6-7-17-8-9-19-15-20(11-10-18(19)12-17)23-21(24)13-16(4-2)14-22(23)25/h8-9,12-14,20H,3-7,10-11,15H2,1-2H3. The first-order valence-corrected chi connectivity index (χ1v) is 9.70. The quantitative estimate of drug-likeness (QED) is 0.523. The smallest absolute Gasteiger partial charge is 0.129 e. The molecule has 25 heavy (non-hydrogen) atoms. The van der Waals surface area contributed by atoms with E-state index in [4.69, 9.17) is 0 Å². The average molecular weight is 342 g/mol. The first kappa shape index (κ1) is 18.1. The van der Waals surface area contributed by atoms with Crippen LogP contribution in [0.2, 0.25) is 0 Å². The Balaban J connectivity index is 1.78. The minimum absolute atomic E-state index is 0.0515. The van der Waals surface area contributed by atoms with E-state index in [0.717, 1.165) is 31.2 Å². The van der Waals surface area contributed by atoms with Crippen molar-refractivity contribution in [3.8, 4) is 0 Å². The largest absolute Gasteiger partial charge is 0.207 e. The number of aryl methyl sites for hydroxylation is 3. The van der Waals surface area contributed by atoms with Gasteiger partial charge in [-0.05, 0) is 78.8 Å². The van der Waals surface area contributed by atoms with Gasteiger partial charge in [-0.3, -0.25) is 0 Å². The molecule has 0 heterocycles. The molecule has 2 heteroatoms. The summed E-state index contributed by atoms with van der Waals surface area (Å²) in [4.78, 5) is 0. The lowest BCUT2D eigenvalue weighted by atomic mass is 9.79. The van der Waals surface area contributed by atoms with E-state index < -0.39 is 0 Å². The molecule has 1 aliphatic carbocycles. The fourth-order valence-corrected chi connectivity index (χ4v) is 4.02. The van der Waals surface area contributed by atoms with Crippen LogP contribution in [-0.4, -0.2) is 0 Å². The topological polar surface area (TPSA) is 0 Å². The van der Waals surface area contributed by atoms with E-state index in [-0.39, 0.29) is 23.1 Å². The fraction of sp³-hybridized carbons (Fsp3) is 0.478. The Labute approximate surface area is 150 Å². The maximum atomic E-state index is 14.5. The summed E-state index contributed by atoms with van der Waals surface area (Å²) in [6.07, 6.45) is 8.00. The third kappa shape index (κ3) is 4.11. The Morgan fingerprint density at radius 1 is 0.920 bits per heavy atom. The Bertz CT molecular complexity index is 710. The molecule has 0 amide bonds. The van der Waals surface area contributed by atoms with Crippen molar-refractivity contribution in [2.75, 3.05) is 0 Å². The molecule has 3 rings (SSSR count). The van der Waals surface area contributed by atoms with E-state index in [2.05, 4.69) is 25.1 Å². The first-order valence-electron chi connectivity index (χ1n) is 9.70. The van der Waals surface area contributed by atoms with Crippen LogP contribution >= 0.6 is 0 Å². The molecule has 0 aliphatic heterocycles. The summed E-state index contributed by atoms with van der Waals surface area (Å²) in [5.41, 5.74) is 5.04. The molecule has 2 aromatic carbocycles. The lowest BCUT2D eigenvalue weighted by Gasteiger charge is -2.26. The van der Waals surface area contributed by atoms with Crippen LogP contribution in [-0.2, 0) is 25.7 Å². The van der Waals surface area contributed by atoms with Crippen LogP contribution in [0.25, 0.3) is 0 Å². The van der Waals surface area contributed by atoms with Gasteiger partial charge in [-0.1, -0.05) is 44.9 Å². The van der Waals surface area contributed by atoms with Gasteiger partial charge in [-0.15, -0.1) is 0 Å². The van der Waals surface area contributed by atoms with Crippen LogP contribution in [0, 0.1) is 11.6 Å². The Kier molecular flexibility index (Phi) is 5.88. The van der Waals surface area contributed by atoms with Gasteiger partial charge in [-0.25, -0.2) is 8.78 Å². The molecule has 0 saturated heterocycles. The van der Waals surface area contributed by atoms with E-state index >= 15 is 0 Å². The van der Waals surface area contributed by atoms with Crippen LogP contribution in [0.15, 0.2) is 30.3 Å². The van der Waals surface area contributed by atoms with E-state index in [1.54, 1.807) is 0 Å². The molecule has 0 bridgehead atoms.